The maximum Gasteiger partial charge on any atom is 0.161 e. The van der Waals surface area contributed by atoms with E-state index in [1.165, 1.54) is 22.3 Å². The molecule has 0 radical (unpaired) electrons. The quantitative estimate of drug-likeness (QED) is 0.655. The molecule has 0 atom stereocenters. The highest BCUT2D eigenvalue weighted by atomic mass is 16.6. The lowest BCUT2D eigenvalue weighted by molar-refractivity contribution is 0.134. The Bertz CT molecular complexity index is 787. The maximum atomic E-state index is 5.52. The van der Waals surface area contributed by atoms with Crippen LogP contribution in [-0.2, 0) is 30.8 Å². The smallest absolute Gasteiger partial charge is 0.161 e. The van der Waals surface area contributed by atoms with Crippen LogP contribution in [0.15, 0.2) is 36.4 Å². The Morgan fingerprint density at radius 3 is 2.21 bits per heavy atom. The van der Waals surface area contributed by atoms with Gasteiger partial charge >= 0.3 is 0 Å². The van der Waals surface area contributed by atoms with Crippen molar-refractivity contribution < 1.29 is 14.2 Å². The summed E-state index contributed by atoms with van der Waals surface area (Å²) in [6.07, 6.45) is 2.23. The van der Waals surface area contributed by atoms with Crippen molar-refractivity contribution in [3.05, 3.63) is 58.7 Å². The van der Waals surface area contributed by atoms with E-state index in [2.05, 4.69) is 65.0 Å². The molecule has 2 aromatic rings. The predicted molar refractivity (Wildman–Crippen MR) is 114 cm³/mol. The molecule has 0 spiro atoms. The van der Waals surface area contributed by atoms with E-state index in [0.29, 0.717) is 24.5 Å². The van der Waals surface area contributed by atoms with E-state index in [1.54, 1.807) is 0 Å². The van der Waals surface area contributed by atoms with Crippen molar-refractivity contribution in [2.75, 3.05) is 13.2 Å². The molecule has 0 N–H and O–H groups in total. The Hall–Kier alpha value is -2.00. The Morgan fingerprint density at radius 2 is 1.50 bits per heavy atom. The summed E-state index contributed by atoms with van der Waals surface area (Å²) in [7, 11) is 0. The summed E-state index contributed by atoms with van der Waals surface area (Å²) >= 11 is 0. The molecule has 0 bridgehead atoms. The molecular formula is C25H34O3. The molecule has 3 nitrogen and oxygen atoms in total. The van der Waals surface area contributed by atoms with Gasteiger partial charge in [0.2, 0.25) is 0 Å². The molecule has 28 heavy (non-hydrogen) atoms. The van der Waals surface area contributed by atoms with E-state index in [4.69, 9.17) is 14.2 Å². The molecule has 0 saturated carbocycles. The van der Waals surface area contributed by atoms with Crippen LogP contribution in [0.2, 0.25) is 0 Å². The van der Waals surface area contributed by atoms with Gasteiger partial charge in [-0.05, 0) is 58.6 Å². The van der Waals surface area contributed by atoms with Crippen molar-refractivity contribution >= 4 is 0 Å². The second-order valence-corrected chi connectivity index (χ2v) is 9.41. The van der Waals surface area contributed by atoms with Gasteiger partial charge in [-0.3, -0.25) is 0 Å². The minimum atomic E-state index is 0.369. The molecule has 3 heteroatoms. The summed E-state index contributed by atoms with van der Waals surface area (Å²) in [6, 6.07) is 13.0. The number of benzene rings is 2. The number of hydrogen-bond donors (Lipinski definition) is 0. The zero-order valence-corrected chi connectivity index (χ0v) is 18.0. The SMILES string of the molecule is CC(C)(C)Cc1ccc2c(c1)COC2.CC(C)Cc1ccc2c(c1)OCCO2. The van der Waals surface area contributed by atoms with E-state index in [0.717, 1.165) is 37.6 Å². The molecule has 2 aliphatic heterocycles. The van der Waals surface area contributed by atoms with E-state index in [1.807, 2.05) is 6.07 Å². The van der Waals surface area contributed by atoms with Gasteiger partial charge in [-0.15, -0.1) is 0 Å². The fourth-order valence-electron chi connectivity index (χ4n) is 3.63. The van der Waals surface area contributed by atoms with Crippen LogP contribution in [0.5, 0.6) is 11.5 Å². The van der Waals surface area contributed by atoms with Gasteiger partial charge in [-0.2, -0.15) is 0 Å². The third-order valence-electron chi connectivity index (χ3n) is 4.77. The molecule has 0 aliphatic carbocycles. The molecular weight excluding hydrogens is 348 g/mol. The van der Waals surface area contributed by atoms with Crippen LogP contribution < -0.4 is 9.47 Å². The van der Waals surface area contributed by atoms with E-state index in [9.17, 15) is 0 Å². The molecule has 0 fully saturated rings. The van der Waals surface area contributed by atoms with Crippen LogP contribution >= 0.6 is 0 Å². The first-order valence-electron chi connectivity index (χ1n) is 10.4. The molecule has 4 rings (SSSR count). The summed E-state index contributed by atoms with van der Waals surface area (Å²) in [4.78, 5) is 0. The lowest BCUT2D eigenvalue weighted by atomic mass is 9.87. The lowest BCUT2D eigenvalue weighted by Crippen LogP contribution is -2.15. The van der Waals surface area contributed by atoms with E-state index >= 15 is 0 Å². The highest BCUT2D eigenvalue weighted by Crippen LogP contribution is 2.31. The zero-order valence-electron chi connectivity index (χ0n) is 18.0. The average Bonchev–Trinajstić information content (AvgIpc) is 3.08. The molecule has 0 saturated heterocycles. The first-order valence-corrected chi connectivity index (χ1v) is 10.4. The summed E-state index contributed by atoms with van der Waals surface area (Å²) in [5.74, 6) is 2.45. The second-order valence-electron chi connectivity index (χ2n) is 9.41. The van der Waals surface area contributed by atoms with Crippen LogP contribution in [0.3, 0.4) is 0 Å². The van der Waals surface area contributed by atoms with Crippen LogP contribution in [-0.4, -0.2) is 13.2 Å². The van der Waals surface area contributed by atoms with E-state index in [-0.39, 0.29) is 0 Å². The molecule has 2 aromatic carbocycles. The monoisotopic (exact) mass is 382 g/mol. The highest BCUT2D eigenvalue weighted by Gasteiger charge is 2.15. The summed E-state index contributed by atoms with van der Waals surface area (Å²) in [5, 5.41) is 0. The van der Waals surface area contributed by atoms with Gasteiger partial charge < -0.3 is 14.2 Å². The minimum Gasteiger partial charge on any atom is -0.486 e. The van der Waals surface area contributed by atoms with Crippen LogP contribution in [0.1, 0.15) is 56.9 Å². The zero-order chi connectivity index (χ0) is 20.1. The normalized spacial score (nSPS) is 15.1. The van der Waals surface area contributed by atoms with Crippen molar-refractivity contribution in [3.8, 4) is 11.5 Å². The van der Waals surface area contributed by atoms with Crippen molar-refractivity contribution in [3.63, 3.8) is 0 Å². The van der Waals surface area contributed by atoms with Crippen LogP contribution in [0, 0.1) is 11.3 Å². The molecule has 2 aliphatic rings. The van der Waals surface area contributed by atoms with Gasteiger partial charge in [0, 0.05) is 0 Å². The van der Waals surface area contributed by atoms with Crippen LogP contribution in [0.25, 0.3) is 0 Å². The summed E-state index contributed by atoms with van der Waals surface area (Å²) in [5.41, 5.74) is 5.87. The van der Waals surface area contributed by atoms with Crippen molar-refractivity contribution in [2.24, 2.45) is 11.3 Å². The van der Waals surface area contributed by atoms with Gasteiger partial charge in [0.05, 0.1) is 13.2 Å². The molecule has 0 amide bonds. The molecule has 152 valence electrons. The Labute approximate surface area is 170 Å². The molecule has 0 aromatic heterocycles. The minimum absolute atomic E-state index is 0.369. The highest BCUT2D eigenvalue weighted by molar-refractivity contribution is 5.43. The maximum absolute atomic E-state index is 5.52. The van der Waals surface area contributed by atoms with Gasteiger partial charge in [0.1, 0.15) is 13.2 Å². The third-order valence-corrected chi connectivity index (χ3v) is 4.77. The van der Waals surface area contributed by atoms with Crippen molar-refractivity contribution in [1.82, 2.24) is 0 Å². The Balaban J connectivity index is 0.000000161. The van der Waals surface area contributed by atoms with Crippen molar-refractivity contribution in [1.29, 1.82) is 0 Å². The Kier molecular flexibility index (Phi) is 6.66. The fraction of sp³-hybridized carbons (Fsp3) is 0.520. The number of fused-ring (bicyclic) bond motifs is 2. The van der Waals surface area contributed by atoms with Gasteiger partial charge in [0.25, 0.3) is 0 Å². The molecule has 2 heterocycles. The van der Waals surface area contributed by atoms with Gasteiger partial charge in [0.15, 0.2) is 11.5 Å². The number of hydrogen-bond acceptors (Lipinski definition) is 3. The average molecular weight is 383 g/mol. The van der Waals surface area contributed by atoms with Crippen molar-refractivity contribution in [2.45, 2.75) is 60.7 Å². The number of ether oxygens (including phenoxy) is 3. The summed E-state index contributed by atoms with van der Waals surface area (Å²) in [6.45, 7) is 14.2. The van der Waals surface area contributed by atoms with Gasteiger partial charge in [-0.25, -0.2) is 0 Å². The largest absolute Gasteiger partial charge is 0.486 e. The second kappa shape index (κ2) is 9.00. The van der Waals surface area contributed by atoms with Gasteiger partial charge in [-0.1, -0.05) is 58.9 Å². The lowest BCUT2D eigenvalue weighted by Gasteiger charge is -2.19. The summed E-state index contributed by atoms with van der Waals surface area (Å²) < 4.78 is 16.4. The third kappa shape index (κ3) is 6.00. The topological polar surface area (TPSA) is 27.7 Å². The van der Waals surface area contributed by atoms with Crippen LogP contribution in [0.4, 0.5) is 0 Å². The standard InChI is InChI=1S/C13H18O.C12H16O2/c1-13(2,3)7-10-4-5-11-8-14-9-12(11)6-10;1-9(2)7-10-3-4-11-12(8-10)14-6-5-13-11/h4-6H,7-9H2,1-3H3;3-4,8-9H,5-7H2,1-2H3. The number of rotatable bonds is 3. The predicted octanol–water partition coefficient (Wildman–Crippen LogP) is 5.96. The van der Waals surface area contributed by atoms with E-state index < -0.39 is 0 Å². The fourth-order valence-corrected chi connectivity index (χ4v) is 3.63. The Morgan fingerprint density at radius 1 is 0.821 bits per heavy atom. The first-order chi connectivity index (χ1) is 13.3. The molecule has 0 unspecified atom stereocenters. The first kappa shape index (κ1) is 20.7.